The van der Waals surface area contributed by atoms with Crippen molar-refractivity contribution >= 4 is 23.1 Å². The number of nitrogens with zero attached hydrogens (tertiary/aromatic N) is 4. The van der Waals surface area contributed by atoms with E-state index in [0.717, 1.165) is 58.4 Å². The molecule has 6 heteroatoms. The van der Waals surface area contributed by atoms with Gasteiger partial charge in [-0.1, -0.05) is 6.42 Å². The van der Waals surface area contributed by atoms with Crippen molar-refractivity contribution in [3.8, 4) is 11.1 Å². The van der Waals surface area contributed by atoms with Crippen molar-refractivity contribution < 1.29 is 9.90 Å². The summed E-state index contributed by atoms with van der Waals surface area (Å²) in [6, 6.07) is 2.08. The summed E-state index contributed by atoms with van der Waals surface area (Å²) in [7, 11) is 0. The summed E-state index contributed by atoms with van der Waals surface area (Å²) in [5.41, 5.74) is 5.68. The number of aliphatic carboxylic acids is 1. The quantitative estimate of drug-likeness (QED) is 0.689. The van der Waals surface area contributed by atoms with Crippen LogP contribution in [0.2, 0.25) is 0 Å². The number of hydrogen-bond acceptors (Lipinski definition) is 4. The van der Waals surface area contributed by atoms with Crippen LogP contribution in [0.1, 0.15) is 48.9 Å². The zero-order chi connectivity index (χ0) is 19.0. The number of fused-ring (bicyclic) bond motifs is 1. The van der Waals surface area contributed by atoms with Crippen molar-refractivity contribution in [2.45, 2.75) is 45.6 Å². The molecule has 27 heavy (non-hydrogen) atoms. The summed E-state index contributed by atoms with van der Waals surface area (Å²) >= 11 is 0. The average Bonchev–Trinajstić information content (AvgIpc) is 3.00. The Balaban J connectivity index is 2.08. The molecular formula is C21H22N4O2. The van der Waals surface area contributed by atoms with Gasteiger partial charge in [0, 0.05) is 53.0 Å². The highest BCUT2D eigenvalue weighted by molar-refractivity contribution is 5.99. The fourth-order valence-electron chi connectivity index (χ4n) is 3.67. The summed E-state index contributed by atoms with van der Waals surface area (Å²) in [5.74, 6) is -0.605. The van der Waals surface area contributed by atoms with Gasteiger partial charge in [0.2, 0.25) is 0 Å². The molecule has 0 atom stereocenters. The first-order valence-electron chi connectivity index (χ1n) is 9.31. The lowest BCUT2D eigenvalue weighted by Crippen LogP contribution is -2.14. The maximum Gasteiger partial charge on any atom is 0.328 e. The molecule has 138 valence electrons. The van der Waals surface area contributed by atoms with Gasteiger partial charge in [-0.15, -0.1) is 0 Å². The van der Waals surface area contributed by atoms with E-state index in [-0.39, 0.29) is 0 Å². The van der Waals surface area contributed by atoms with Gasteiger partial charge in [0.1, 0.15) is 0 Å². The molecular weight excluding hydrogens is 340 g/mol. The molecule has 0 bridgehead atoms. The second kappa shape index (κ2) is 6.95. The Morgan fingerprint density at radius 2 is 2.15 bits per heavy atom. The second-order valence-electron chi connectivity index (χ2n) is 7.03. The predicted molar refractivity (Wildman–Crippen MR) is 104 cm³/mol. The van der Waals surface area contributed by atoms with Crippen molar-refractivity contribution in [2.24, 2.45) is 0 Å². The van der Waals surface area contributed by atoms with E-state index in [4.69, 9.17) is 4.98 Å². The largest absolute Gasteiger partial charge is 0.478 e. The van der Waals surface area contributed by atoms with Crippen LogP contribution in [0.15, 0.2) is 30.7 Å². The Labute approximate surface area is 157 Å². The monoisotopic (exact) mass is 362 g/mol. The van der Waals surface area contributed by atoms with Gasteiger partial charge in [0.05, 0.1) is 11.9 Å². The molecule has 4 rings (SSSR count). The molecule has 1 aliphatic rings. The van der Waals surface area contributed by atoms with E-state index in [9.17, 15) is 9.90 Å². The molecule has 3 heterocycles. The van der Waals surface area contributed by atoms with Crippen LogP contribution in [0.3, 0.4) is 0 Å². The van der Waals surface area contributed by atoms with Crippen LogP contribution >= 0.6 is 0 Å². The van der Waals surface area contributed by atoms with Crippen molar-refractivity contribution in [3.63, 3.8) is 0 Å². The Hall–Kier alpha value is -3.02. The Bertz CT molecular complexity index is 1050. The lowest BCUT2D eigenvalue weighted by molar-refractivity contribution is -0.131. The number of carbonyl (C=O) groups is 1. The summed E-state index contributed by atoms with van der Waals surface area (Å²) < 4.78 is 1.90. The van der Waals surface area contributed by atoms with Crippen LogP contribution in [0.25, 0.3) is 28.2 Å². The van der Waals surface area contributed by atoms with Gasteiger partial charge in [-0.3, -0.25) is 4.98 Å². The minimum atomic E-state index is -0.966. The summed E-state index contributed by atoms with van der Waals surface area (Å²) in [6.45, 7) is 4.78. The highest BCUT2D eigenvalue weighted by Gasteiger charge is 2.27. The second-order valence-corrected chi connectivity index (χ2v) is 7.03. The molecule has 0 aliphatic heterocycles. The Morgan fingerprint density at radius 1 is 1.33 bits per heavy atom. The molecule has 1 saturated carbocycles. The zero-order valence-corrected chi connectivity index (χ0v) is 15.5. The van der Waals surface area contributed by atoms with Crippen LogP contribution in [0, 0.1) is 6.92 Å². The standard InChI is InChI=1S/C21H22N4O2/c1-3-25-21-17(12-23-25)19(15-9-13(2)10-22-11-15)16(7-8-18(26)27)20(24-21)14-5-4-6-14/h7-12,14H,3-6H2,1-2H3,(H,26,27)/b8-7+. The van der Waals surface area contributed by atoms with Gasteiger partial charge in [-0.05, 0) is 44.4 Å². The van der Waals surface area contributed by atoms with E-state index >= 15 is 0 Å². The van der Waals surface area contributed by atoms with Crippen LogP contribution in [0.5, 0.6) is 0 Å². The van der Waals surface area contributed by atoms with E-state index in [1.807, 2.05) is 37.1 Å². The van der Waals surface area contributed by atoms with Gasteiger partial charge in [0.25, 0.3) is 0 Å². The fraction of sp³-hybridized carbons (Fsp3) is 0.333. The highest BCUT2D eigenvalue weighted by atomic mass is 16.4. The third kappa shape index (κ3) is 3.12. The first-order chi connectivity index (χ1) is 13.1. The van der Waals surface area contributed by atoms with E-state index in [2.05, 4.69) is 16.1 Å². The lowest BCUT2D eigenvalue weighted by Gasteiger charge is -2.27. The fourth-order valence-corrected chi connectivity index (χ4v) is 3.67. The van der Waals surface area contributed by atoms with Gasteiger partial charge < -0.3 is 5.11 Å². The molecule has 0 amide bonds. The van der Waals surface area contributed by atoms with Gasteiger partial charge in [-0.25, -0.2) is 14.5 Å². The maximum absolute atomic E-state index is 11.2. The molecule has 0 unspecified atom stereocenters. The molecule has 0 spiro atoms. The van der Waals surface area contributed by atoms with E-state index < -0.39 is 5.97 Å². The third-order valence-corrected chi connectivity index (χ3v) is 5.20. The minimum Gasteiger partial charge on any atom is -0.478 e. The average molecular weight is 362 g/mol. The number of aryl methyl sites for hydroxylation is 2. The molecule has 1 aliphatic carbocycles. The van der Waals surface area contributed by atoms with Crippen LogP contribution in [-0.2, 0) is 11.3 Å². The smallest absolute Gasteiger partial charge is 0.328 e. The number of carboxylic acid groups (broad SMARTS) is 1. The highest BCUT2D eigenvalue weighted by Crippen LogP contribution is 2.42. The van der Waals surface area contributed by atoms with Gasteiger partial charge >= 0.3 is 5.97 Å². The number of aromatic nitrogens is 4. The number of pyridine rings is 2. The zero-order valence-electron chi connectivity index (χ0n) is 15.5. The topological polar surface area (TPSA) is 80.9 Å². The van der Waals surface area contributed by atoms with Crippen LogP contribution < -0.4 is 0 Å². The number of carboxylic acids is 1. The minimum absolute atomic E-state index is 0.361. The molecule has 0 saturated heterocycles. The molecule has 0 radical (unpaired) electrons. The molecule has 3 aromatic heterocycles. The van der Waals surface area contributed by atoms with E-state index in [1.165, 1.54) is 12.5 Å². The normalized spacial score (nSPS) is 14.7. The van der Waals surface area contributed by atoms with Crippen LogP contribution in [0.4, 0.5) is 0 Å². The third-order valence-electron chi connectivity index (χ3n) is 5.20. The van der Waals surface area contributed by atoms with Crippen LogP contribution in [-0.4, -0.2) is 30.8 Å². The summed E-state index contributed by atoms with van der Waals surface area (Å²) in [4.78, 5) is 20.5. The molecule has 3 aromatic rings. The Morgan fingerprint density at radius 3 is 2.78 bits per heavy atom. The molecule has 0 aromatic carbocycles. The van der Waals surface area contributed by atoms with Crippen molar-refractivity contribution in [3.05, 3.63) is 47.6 Å². The number of hydrogen-bond donors (Lipinski definition) is 1. The summed E-state index contributed by atoms with van der Waals surface area (Å²) in [5, 5.41) is 14.6. The van der Waals surface area contributed by atoms with E-state index in [0.29, 0.717) is 5.92 Å². The van der Waals surface area contributed by atoms with E-state index in [1.54, 1.807) is 6.08 Å². The van der Waals surface area contributed by atoms with Crippen molar-refractivity contribution in [1.82, 2.24) is 19.7 Å². The maximum atomic E-state index is 11.2. The SMILES string of the molecule is CCn1ncc2c(-c3cncc(C)c3)c(/C=C/C(=O)O)c(C3CCC3)nc21. The van der Waals surface area contributed by atoms with Crippen molar-refractivity contribution in [2.75, 3.05) is 0 Å². The Kier molecular flexibility index (Phi) is 4.48. The first-order valence-corrected chi connectivity index (χ1v) is 9.31. The van der Waals surface area contributed by atoms with Gasteiger partial charge in [0.15, 0.2) is 5.65 Å². The first kappa shape index (κ1) is 17.4. The predicted octanol–water partition coefficient (Wildman–Crippen LogP) is 4.19. The molecule has 6 nitrogen and oxygen atoms in total. The van der Waals surface area contributed by atoms with Crippen molar-refractivity contribution in [1.29, 1.82) is 0 Å². The number of rotatable bonds is 5. The molecule has 1 N–H and O–H groups in total. The molecule has 1 fully saturated rings. The summed E-state index contributed by atoms with van der Waals surface area (Å²) in [6.07, 6.45) is 11.7. The van der Waals surface area contributed by atoms with Gasteiger partial charge in [-0.2, -0.15) is 5.10 Å². The lowest BCUT2D eigenvalue weighted by atomic mass is 9.79.